The maximum Gasteiger partial charge on any atom is 0.319 e. The van der Waals surface area contributed by atoms with Gasteiger partial charge in [0.05, 0.1) is 12.3 Å². The van der Waals surface area contributed by atoms with Gasteiger partial charge in [-0.05, 0) is 25.0 Å². The minimum Gasteiger partial charge on any atom is -0.480 e. The van der Waals surface area contributed by atoms with Crippen LogP contribution >= 0.6 is 23.1 Å². The lowest BCUT2D eigenvalue weighted by Crippen LogP contribution is -2.32. The molecular weight excluding hydrogens is 397 g/mol. The maximum atomic E-state index is 14.4. The third kappa shape index (κ3) is 3.45. The second kappa shape index (κ2) is 7.31. The minimum atomic E-state index is -0.949. The number of hydrogen-bond donors (Lipinski definition) is 1. The molecule has 0 fully saturated rings. The third-order valence-electron chi connectivity index (χ3n) is 4.63. The molecule has 1 heterocycles. The number of carboxylic acid groups (broad SMARTS) is 1. The van der Waals surface area contributed by atoms with Crippen molar-refractivity contribution in [1.29, 1.82) is 0 Å². The van der Waals surface area contributed by atoms with Gasteiger partial charge in [-0.1, -0.05) is 54.2 Å². The zero-order valence-corrected chi connectivity index (χ0v) is 16.9. The molecule has 0 saturated heterocycles. The highest BCUT2D eigenvalue weighted by Crippen LogP contribution is 2.48. The topological polar surface area (TPSA) is 59.4 Å². The van der Waals surface area contributed by atoms with E-state index in [9.17, 15) is 14.3 Å². The highest BCUT2D eigenvalue weighted by atomic mass is 32.2. The Bertz CT molecular complexity index is 1020. The van der Waals surface area contributed by atoms with Crippen LogP contribution in [0.3, 0.4) is 0 Å². The number of carbonyl (C=O) groups is 1. The van der Waals surface area contributed by atoms with Crippen molar-refractivity contribution in [2.75, 3.05) is 0 Å². The van der Waals surface area contributed by atoms with Crippen LogP contribution in [0.25, 0.3) is 5.57 Å². The van der Waals surface area contributed by atoms with Crippen molar-refractivity contribution in [3.05, 3.63) is 76.1 Å². The summed E-state index contributed by atoms with van der Waals surface area (Å²) in [5, 5.41) is 11.1. The van der Waals surface area contributed by atoms with Gasteiger partial charge in [-0.15, -0.1) is 11.3 Å². The average Bonchev–Trinajstić information content (AvgIpc) is 3.12. The molecule has 2 aromatic rings. The summed E-state index contributed by atoms with van der Waals surface area (Å²) < 4.78 is 20.1. The van der Waals surface area contributed by atoms with Crippen molar-refractivity contribution in [1.82, 2.24) is 4.98 Å². The molecule has 144 valence electrons. The number of thioether (sulfide) groups is 1. The van der Waals surface area contributed by atoms with Crippen molar-refractivity contribution < 1.29 is 19.0 Å². The second-order valence-electron chi connectivity index (χ2n) is 7.01. The van der Waals surface area contributed by atoms with Crippen molar-refractivity contribution in [2.45, 2.75) is 35.6 Å². The zero-order valence-electron chi connectivity index (χ0n) is 15.3. The molecule has 0 aliphatic heterocycles. The number of fused-ring (bicyclic) bond motifs is 2. The fraction of sp³-hybridized carbons (Fsp3) is 0.238. The number of rotatable bonds is 7. The van der Waals surface area contributed by atoms with E-state index in [1.54, 1.807) is 19.9 Å². The zero-order chi connectivity index (χ0) is 19.9. The second-order valence-corrected chi connectivity index (χ2v) is 9.74. The average molecular weight is 416 g/mol. The molecule has 7 heteroatoms. The Labute approximate surface area is 170 Å². The van der Waals surface area contributed by atoms with Gasteiger partial charge in [-0.25, -0.2) is 9.37 Å². The molecule has 1 N–H and O–H groups in total. The summed E-state index contributed by atoms with van der Waals surface area (Å²) in [5.41, 5.74) is 3.66. The van der Waals surface area contributed by atoms with Gasteiger partial charge >= 0.3 is 5.97 Å². The van der Waals surface area contributed by atoms with E-state index in [-0.39, 0.29) is 12.4 Å². The summed E-state index contributed by atoms with van der Waals surface area (Å²) in [6.45, 7) is 3.53. The molecule has 0 amide bonds. The normalized spacial score (nSPS) is 18.5. The van der Waals surface area contributed by atoms with Gasteiger partial charge < -0.3 is 9.84 Å². The number of aliphatic carboxylic acids is 1. The van der Waals surface area contributed by atoms with Crippen LogP contribution in [0.5, 0.6) is 0 Å². The summed E-state index contributed by atoms with van der Waals surface area (Å²) in [6.07, 6.45) is 3.30. The van der Waals surface area contributed by atoms with Crippen molar-refractivity contribution in [2.24, 2.45) is 0 Å². The van der Waals surface area contributed by atoms with E-state index in [1.807, 2.05) is 41.8 Å². The van der Waals surface area contributed by atoms with Crippen molar-refractivity contribution in [3.8, 4) is 0 Å². The number of ether oxygens (including phenoxy) is 1. The van der Waals surface area contributed by atoms with Gasteiger partial charge in [-0.3, -0.25) is 4.79 Å². The van der Waals surface area contributed by atoms with E-state index in [0.717, 1.165) is 11.1 Å². The van der Waals surface area contributed by atoms with Gasteiger partial charge in [-0.2, -0.15) is 0 Å². The van der Waals surface area contributed by atoms with Crippen LogP contribution in [0.2, 0.25) is 0 Å². The Kier molecular flexibility index (Phi) is 4.99. The molecule has 0 spiro atoms. The Morgan fingerprint density at radius 1 is 1.32 bits per heavy atom. The fourth-order valence-corrected chi connectivity index (χ4v) is 5.20. The summed E-state index contributed by atoms with van der Waals surface area (Å²) in [7, 11) is 0. The monoisotopic (exact) mass is 415 g/mol. The molecule has 2 aliphatic rings. The number of thiazole rings is 1. The first-order valence-corrected chi connectivity index (χ1v) is 10.4. The quantitative estimate of drug-likeness (QED) is 0.627. The molecule has 1 aromatic heterocycles. The van der Waals surface area contributed by atoms with E-state index in [0.29, 0.717) is 21.2 Å². The largest absolute Gasteiger partial charge is 0.480 e. The SMILES string of the molecule is CC(C)(Sc1nc(COC2c3ccc(-c4ccccc4)c2c3F)cs1)C(=O)O. The van der Waals surface area contributed by atoms with E-state index >= 15 is 0 Å². The van der Waals surface area contributed by atoms with Crippen LogP contribution in [0.1, 0.15) is 25.1 Å². The molecule has 4 rings (SSSR count). The summed E-state index contributed by atoms with van der Waals surface area (Å²) in [4.78, 5) is 15.7. The number of benzene rings is 1. The summed E-state index contributed by atoms with van der Waals surface area (Å²) >= 11 is 2.59. The smallest absolute Gasteiger partial charge is 0.319 e. The summed E-state index contributed by atoms with van der Waals surface area (Å²) in [6, 6.07) is 9.69. The maximum absolute atomic E-state index is 14.4. The van der Waals surface area contributed by atoms with Crippen molar-refractivity contribution >= 4 is 34.6 Å². The first kappa shape index (κ1) is 19.1. The minimum absolute atomic E-state index is 0.205. The first-order chi connectivity index (χ1) is 13.4. The van der Waals surface area contributed by atoms with Crippen LogP contribution in [0.15, 0.2) is 69.2 Å². The molecule has 1 aromatic carbocycles. The van der Waals surface area contributed by atoms with E-state index in [4.69, 9.17) is 4.74 Å². The molecule has 0 saturated carbocycles. The van der Waals surface area contributed by atoms with Gasteiger partial charge in [0.15, 0.2) is 4.34 Å². The molecular formula is C21H18FNO3S2. The fourth-order valence-electron chi connectivity index (χ4n) is 3.02. The number of carboxylic acids is 1. The van der Waals surface area contributed by atoms with Gasteiger partial charge in [0, 0.05) is 16.5 Å². The lowest BCUT2D eigenvalue weighted by atomic mass is 9.76. The summed E-state index contributed by atoms with van der Waals surface area (Å²) in [5.74, 6) is -1.09. The Morgan fingerprint density at radius 2 is 2.07 bits per heavy atom. The van der Waals surface area contributed by atoms with E-state index in [1.165, 1.54) is 23.1 Å². The van der Waals surface area contributed by atoms with E-state index in [2.05, 4.69) is 4.98 Å². The highest BCUT2D eigenvalue weighted by Gasteiger charge is 2.41. The van der Waals surface area contributed by atoms with Crippen LogP contribution in [-0.2, 0) is 16.1 Å². The number of nitrogens with zero attached hydrogens (tertiary/aromatic N) is 1. The first-order valence-electron chi connectivity index (χ1n) is 8.73. The van der Waals surface area contributed by atoms with Crippen LogP contribution in [-0.4, -0.2) is 26.9 Å². The molecule has 2 bridgehead atoms. The number of halogens is 1. The van der Waals surface area contributed by atoms with Crippen LogP contribution in [0, 0.1) is 0 Å². The van der Waals surface area contributed by atoms with Crippen LogP contribution in [0.4, 0.5) is 4.39 Å². The lowest BCUT2D eigenvalue weighted by molar-refractivity contribution is -0.138. The molecule has 4 nitrogen and oxygen atoms in total. The standard InChI is InChI=1S/C21H18FNO3S2/c1-21(2,19(24)25)28-20-23-13(11-27-20)10-26-18-15-9-8-14(16(18)17(15)22)12-6-4-3-5-7-12/h3-9,11,18H,10H2,1-2H3,(H,24,25). The molecule has 2 aliphatic carbocycles. The molecule has 1 atom stereocenters. The van der Waals surface area contributed by atoms with Crippen molar-refractivity contribution in [3.63, 3.8) is 0 Å². The Morgan fingerprint density at radius 3 is 2.75 bits per heavy atom. The highest BCUT2D eigenvalue weighted by molar-refractivity contribution is 8.02. The Hall–Kier alpha value is -2.22. The van der Waals surface area contributed by atoms with Gasteiger partial charge in [0.25, 0.3) is 0 Å². The predicted molar refractivity (Wildman–Crippen MR) is 109 cm³/mol. The predicted octanol–water partition coefficient (Wildman–Crippen LogP) is 5.24. The number of aromatic nitrogens is 1. The number of hydrogen-bond acceptors (Lipinski definition) is 5. The molecule has 28 heavy (non-hydrogen) atoms. The van der Waals surface area contributed by atoms with Gasteiger partial charge in [0.1, 0.15) is 16.7 Å². The van der Waals surface area contributed by atoms with Crippen LogP contribution < -0.4 is 0 Å². The lowest BCUT2D eigenvalue weighted by Gasteiger charge is -2.36. The Balaban J connectivity index is 1.43. The molecule has 0 radical (unpaired) electrons. The molecule has 1 unspecified atom stereocenters. The van der Waals surface area contributed by atoms with Gasteiger partial charge in [0.2, 0.25) is 0 Å². The van der Waals surface area contributed by atoms with E-state index < -0.39 is 16.8 Å². The number of allylic oxidation sites excluding steroid dienone is 2. The third-order valence-corrected chi connectivity index (χ3v) is 6.80.